The van der Waals surface area contributed by atoms with Gasteiger partial charge in [-0.15, -0.1) is 0 Å². The molecule has 1 N–H and O–H groups in total. The lowest BCUT2D eigenvalue weighted by molar-refractivity contribution is -0.676. The summed E-state index contributed by atoms with van der Waals surface area (Å²) in [6.07, 6.45) is 3.61. The number of imidazole rings is 1. The number of aliphatic hydroxyl groups is 1. The van der Waals surface area contributed by atoms with Crippen LogP contribution in [0.5, 0.6) is 0 Å². The van der Waals surface area contributed by atoms with Crippen molar-refractivity contribution in [3.63, 3.8) is 0 Å². The zero-order valence-corrected chi connectivity index (χ0v) is 22.1. The number of fused-ring (bicyclic) bond motifs is 2. The summed E-state index contributed by atoms with van der Waals surface area (Å²) >= 11 is 1.52. The molecule has 2 aliphatic rings. The molecule has 10 nitrogen and oxygen atoms in total. The number of nitro groups is 1. The fraction of sp³-hybridized carbons (Fsp3) is 0.348. The van der Waals surface area contributed by atoms with Crippen LogP contribution in [-0.2, 0) is 28.0 Å². The van der Waals surface area contributed by atoms with Gasteiger partial charge in [-0.1, -0.05) is 11.3 Å². The van der Waals surface area contributed by atoms with Crippen LogP contribution in [0.4, 0.5) is 5.69 Å². The Balaban J connectivity index is 0.00000289. The van der Waals surface area contributed by atoms with Crippen LogP contribution in [-0.4, -0.2) is 43.4 Å². The molecule has 4 heterocycles. The van der Waals surface area contributed by atoms with Gasteiger partial charge < -0.3 is 38.7 Å². The molecule has 3 aromatic rings. The maximum atomic E-state index is 13.2. The van der Waals surface area contributed by atoms with E-state index in [1.54, 1.807) is 6.92 Å². The van der Waals surface area contributed by atoms with E-state index in [1.807, 2.05) is 35.3 Å². The number of halogens is 1. The number of amides is 1. The normalized spacial score (nSPS) is 19.9. The van der Waals surface area contributed by atoms with Crippen LogP contribution in [0, 0.1) is 23.0 Å². The van der Waals surface area contributed by atoms with Crippen LogP contribution in [0.15, 0.2) is 42.4 Å². The van der Waals surface area contributed by atoms with Crippen LogP contribution >= 0.6 is 11.3 Å². The first-order valence-corrected chi connectivity index (χ1v) is 11.6. The van der Waals surface area contributed by atoms with Crippen LogP contribution in [0.25, 0.3) is 10.4 Å². The number of nitro benzene ring substituents is 1. The van der Waals surface area contributed by atoms with Gasteiger partial charge in [0.25, 0.3) is 11.5 Å². The van der Waals surface area contributed by atoms with Crippen LogP contribution in [0.1, 0.15) is 29.6 Å². The molecule has 0 spiro atoms. The number of nitrogens with zero attached hydrogens (tertiary/aromatic N) is 4. The zero-order chi connectivity index (χ0) is 24.3. The lowest BCUT2D eigenvalue weighted by atomic mass is 9.83. The van der Waals surface area contributed by atoms with Gasteiger partial charge in [-0.05, 0) is 31.0 Å². The number of carbonyl (C=O) groups excluding carboxylic acids is 2. The third-order valence-electron chi connectivity index (χ3n) is 6.60. The van der Waals surface area contributed by atoms with Gasteiger partial charge in [0, 0.05) is 24.6 Å². The zero-order valence-electron chi connectivity index (χ0n) is 19.2. The number of rotatable bonds is 6. The van der Waals surface area contributed by atoms with E-state index in [9.17, 15) is 24.8 Å². The summed E-state index contributed by atoms with van der Waals surface area (Å²) in [6.45, 7) is 3.50. The van der Waals surface area contributed by atoms with Crippen molar-refractivity contribution in [2.45, 2.75) is 39.0 Å². The number of aliphatic hydroxyl groups excluding tert-OH is 1. The SMILES string of the molecule is Cc1n2cc(C3=C(C(=O)OCc4ccc([N+](=O)[O-])cc4)N4C(=O)[C@H]([C@@H](C)O)[C@H]4C3)sc2c[n+]1C.[I-]. The summed E-state index contributed by atoms with van der Waals surface area (Å²) in [5.74, 6) is -0.447. The molecule has 5 rings (SSSR count). The number of non-ortho nitro benzene ring substituents is 1. The van der Waals surface area contributed by atoms with Crippen molar-refractivity contribution in [2.24, 2.45) is 13.0 Å². The highest BCUT2D eigenvalue weighted by atomic mass is 127. The van der Waals surface area contributed by atoms with E-state index < -0.39 is 22.9 Å². The highest BCUT2D eigenvalue weighted by molar-refractivity contribution is 7.18. The smallest absolute Gasteiger partial charge is 0.355 e. The monoisotopic (exact) mass is 610 g/mol. The van der Waals surface area contributed by atoms with Crippen LogP contribution in [0.2, 0.25) is 0 Å². The number of benzene rings is 1. The number of hydrogen-bond acceptors (Lipinski definition) is 7. The first-order chi connectivity index (χ1) is 16.2. The maximum Gasteiger partial charge on any atom is 0.355 e. The summed E-state index contributed by atoms with van der Waals surface area (Å²) in [5, 5.41) is 20.9. The van der Waals surface area contributed by atoms with Crippen molar-refractivity contribution in [3.05, 3.63) is 68.7 Å². The summed E-state index contributed by atoms with van der Waals surface area (Å²) in [7, 11) is 1.96. The molecule has 0 saturated carbocycles. The Morgan fingerprint density at radius 2 is 2.06 bits per heavy atom. The van der Waals surface area contributed by atoms with E-state index in [2.05, 4.69) is 0 Å². The fourth-order valence-corrected chi connectivity index (χ4v) is 5.87. The molecule has 1 amide bonds. The quantitative estimate of drug-likeness (QED) is 0.0968. The van der Waals surface area contributed by atoms with E-state index >= 15 is 0 Å². The highest BCUT2D eigenvalue weighted by Gasteiger charge is 2.57. The van der Waals surface area contributed by atoms with Gasteiger partial charge in [-0.2, -0.15) is 4.40 Å². The third kappa shape index (κ3) is 4.12. The molecule has 2 aromatic heterocycles. The number of carbonyl (C=O) groups is 2. The lowest BCUT2D eigenvalue weighted by Gasteiger charge is -2.44. The second-order valence-electron chi connectivity index (χ2n) is 8.66. The minimum Gasteiger partial charge on any atom is -1.00 e. The first-order valence-electron chi connectivity index (χ1n) is 10.8. The number of hydrogen-bond donors (Lipinski definition) is 1. The maximum absolute atomic E-state index is 13.2. The summed E-state index contributed by atoms with van der Waals surface area (Å²) in [6, 6.07) is 5.47. The van der Waals surface area contributed by atoms with E-state index in [-0.39, 0.29) is 53.9 Å². The van der Waals surface area contributed by atoms with Crippen LogP contribution in [0.3, 0.4) is 0 Å². The first kappa shape index (κ1) is 25.3. The molecule has 0 unspecified atom stereocenters. The lowest BCUT2D eigenvalue weighted by Crippen LogP contribution is -3.00. The minimum absolute atomic E-state index is 0. The number of aryl methyl sites for hydroxylation is 2. The Morgan fingerprint density at radius 3 is 2.66 bits per heavy atom. The fourth-order valence-electron chi connectivity index (χ4n) is 4.69. The Kier molecular flexibility index (Phi) is 6.72. The Labute approximate surface area is 221 Å². The van der Waals surface area contributed by atoms with Gasteiger partial charge in [0.05, 0.1) is 34.9 Å². The summed E-state index contributed by atoms with van der Waals surface area (Å²) in [5.41, 5.74) is 1.49. The second kappa shape index (κ2) is 9.32. The van der Waals surface area contributed by atoms with Crippen molar-refractivity contribution in [3.8, 4) is 0 Å². The highest BCUT2D eigenvalue weighted by Crippen LogP contribution is 2.48. The molecule has 1 saturated heterocycles. The third-order valence-corrected chi connectivity index (χ3v) is 7.68. The standard InChI is InChI=1S/C23H23N4O6S.HI/c1-12(28)20-17-8-16(18-9-25-13(2)24(3)10-19(25)34-18)21(26(17)22(20)29)23(30)33-11-14-4-6-15(7-5-14)27(31)32;/h4-7,9-10,12,17,20,28H,8,11H2,1-3H3;1H/q+1;/p-1/t12-,17-,20-;/m1./s1. The molecular formula is C23H23IN4O6S. The topological polar surface area (TPSA) is 118 Å². The molecule has 0 radical (unpaired) electrons. The average Bonchev–Trinajstić information content (AvgIpc) is 3.43. The summed E-state index contributed by atoms with van der Waals surface area (Å²) < 4.78 is 9.58. The Bertz CT molecular complexity index is 1380. The number of esters is 1. The number of thiazole rings is 1. The predicted molar refractivity (Wildman–Crippen MR) is 121 cm³/mol. The largest absolute Gasteiger partial charge is 1.00 e. The number of aromatic nitrogens is 2. The van der Waals surface area contributed by atoms with Crippen molar-refractivity contribution >= 4 is 39.3 Å². The van der Waals surface area contributed by atoms with Gasteiger partial charge in [0.15, 0.2) is 0 Å². The van der Waals surface area contributed by atoms with Crippen molar-refractivity contribution in [1.29, 1.82) is 0 Å². The molecule has 35 heavy (non-hydrogen) atoms. The molecular weight excluding hydrogens is 587 g/mol. The minimum atomic E-state index is -0.814. The van der Waals surface area contributed by atoms with Gasteiger partial charge >= 0.3 is 5.97 Å². The van der Waals surface area contributed by atoms with Crippen molar-refractivity contribution in [2.75, 3.05) is 0 Å². The van der Waals surface area contributed by atoms with Gasteiger partial charge in [0.1, 0.15) is 24.7 Å². The number of β-lactam (4-membered cyclic amide) rings is 1. The van der Waals surface area contributed by atoms with Crippen molar-refractivity contribution in [1.82, 2.24) is 9.30 Å². The summed E-state index contributed by atoms with van der Waals surface area (Å²) in [4.78, 5) is 39.7. The van der Waals surface area contributed by atoms with E-state index in [4.69, 9.17) is 4.74 Å². The molecule has 2 aliphatic heterocycles. The molecule has 1 aromatic carbocycles. The average molecular weight is 610 g/mol. The van der Waals surface area contributed by atoms with Crippen LogP contribution < -0.4 is 28.5 Å². The molecule has 0 aliphatic carbocycles. The molecule has 12 heteroatoms. The van der Waals surface area contributed by atoms with Gasteiger partial charge in [-0.25, -0.2) is 9.36 Å². The van der Waals surface area contributed by atoms with Gasteiger partial charge in [0.2, 0.25) is 10.7 Å². The van der Waals surface area contributed by atoms with E-state index in [0.717, 1.165) is 21.1 Å². The molecule has 3 atom stereocenters. The Hall–Kier alpha value is -2.84. The second-order valence-corrected chi connectivity index (χ2v) is 9.73. The number of ether oxygens (including phenoxy) is 1. The van der Waals surface area contributed by atoms with Crippen molar-refractivity contribution < 1.29 is 52.9 Å². The molecule has 1 fully saturated rings. The Morgan fingerprint density at radius 1 is 1.37 bits per heavy atom. The van der Waals surface area contributed by atoms with E-state index in [0.29, 0.717) is 12.0 Å². The molecule has 184 valence electrons. The van der Waals surface area contributed by atoms with E-state index in [1.165, 1.54) is 40.5 Å². The molecule has 0 bridgehead atoms. The van der Waals surface area contributed by atoms with Gasteiger partial charge in [-0.3, -0.25) is 14.9 Å². The predicted octanol–water partition coefficient (Wildman–Crippen LogP) is -0.888.